The lowest BCUT2D eigenvalue weighted by Crippen LogP contribution is -2.49. The van der Waals surface area contributed by atoms with Gasteiger partial charge in [0.1, 0.15) is 12.4 Å². The van der Waals surface area contributed by atoms with Crippen LogP contribution in [0.25, 0.3) is 0 Å². The number of hydrogen-bond donors (Lipinski definition) is 0. The van der Waals surface area contributed by atoms with Crippen LogP contribution in [0.15, 0.2) is 42.7 Å². The Balaban J connectivity index is 1.28. The number of likely N-dealkylation sites (tertiary alicyclic amines) is 1. The average molecular weight is 449 g/mol. The number of hydrogen-bond acceptors (Lipinski definition) is 5. The van der Waals surface area contributed by atoms with Gasteiger partial charge in [-0.1, -0.05) is 24.6 Å². The first-order chi connectivity index (χ1) is 16.2. The Hall–Kier alpha value is -2.47. The highest BCUT2D eigenvalue weighted by Crippen LogP contribution is 2.40. The molecule has 2 aromatic rings. The zero-order valence-corrected chi connectivity index (χ0v) is 19.6. The van der Waals surface area contributed by atoms with Gasteiger partial charge in [0, 0.05) is 45.1 Å². The second-order valence-corrected chi connectivity index (χ2v) is 10.2. The number of benzene rings is 1. The third kappa shape index (κ3) is 5.72. The summed E-state index contributed by atoms with van der Waals surface area (Å²) in [4.78, 5) is 25.9. The highest BCUT2D eigenvalue weighted by molar-refractivity contribution is 5.90. The molecule has 2 aliphatic heterocycles. The third-order valence-electron chi connectivity index (χ3n) is 7.68. The maximum atomic E-state index is 12.9. The summed E-state index contributed by atoms with van der Waals surface area (Å²) in [6.07, 6.45) is 12.9. The SMILES string of the molecule is O=C(c1ncccn1)N1CCC2(CCCCc3ccccc3OCCN(CC3CC3)C2)CC1. The predicted molar refractivity (Wildman–Crippen MR) is 128 cm³/mol. The molecule has 1 amide bonds. The van der Waals surface area contributed by atoms with E-state index >= 15 is 0 Å². The average Bonchev–Trinajstić information content (AvgIpc) is 3.67. The molecule has 3 aliphatic rings. The molecular formula is C27H36N4O2. The number of rotatable bonds is 3. The molecule has 1 aromatic heterocycles. The van der Waals surface area contributed by atoms with Gasteiger partial charge in [0.05, 0.1) is 0 Å². The van der Waals surface area contributed by atoms with Gasteiger partial charge in [0.25, 0.3) is 5.91 Å². The molecule has 1 aliphatic carbocycles. The van der Waals surface area contributed by atoms with E-state index in [1.807, 2.05) is 4.90 Å². The molecule has 6 nitrogen and oxygen atoms in total. The molecule has 5 rings (SSSR count). The summed E-state index contributed by atoms with van der Waals surface area (Å²) in [6, 6.07) is 10.3. The van der Waals surface area contributed by atoms with Crippen LogP contribution >= 0.6 is 0 Å². The molecule has 0 atom stereocenters. The van der Waals surface area contributed by atoms with Crippen molar-refractivity contribution in [2.24, 2.45) is 11.3 Å². The first kappa shape index (κ1) is 22.3. The normalized spacial score (nSPS) is 22.0. The van der Waals surface area contributed by atoms with E-state index < -0.39 is 0 Å². The number of ether oxygens (including phenoxy) is 1. The minimum Gasteiger partial charge on any atom is -0.492 e. The highest BCUT2D eigenvalue weighted by Gasteiger charge is 2.38. The van der Waals surface area contributed by atoms with E-state index in [9.17, 15) is 4.79 Å². The summed E-state index contributed by atoms with van der Waals surface area (Å²) >= 11 is 0. The van der Waals surface area contributed by atoms with Crippen molar-refractivity contribution >= 4 is 5.91 Å². The molecule has 0 radical (unpaired) electrons. The lowest BCUT2D eigenvalue weighted by Gasteiger charge is -2.45. The van der Waals surface area contributed by atoms with E-state index in [0.29, 0.717) is 5.82 Å². The van der Waals surface area contributed by atoms with Crippen molar-refractivity contribution in [3.05, 3.63) is 54.1 Å². The summed E-state index contributed by atoms with van der Waals surface area (Å²) in [5, 5.41) is 0. The number of amides is 1. The monoisotopic (exact) mass is 448 g/mol. The van der Waals surface area contributed by atoms with E-state index in [-0.39, 0.29) is 11.3 Å². The predicted octanol–water partition coefficient (Wildman–Crippen LogP) is 4.22. The number of piperidine rings is 1. The van der Waals surface area contributed by atoms with Crippen molar-refractivity contribution in [3.8, 4) is 5.75 Å². The molecule has 1 saturated heterocycles. The highest BCUT2D eigenvalue weighted by atomic mass is 16.5. The Kier molecular flexibility index (Phi) is 6.91. The van der Waals surface area contributed by atoms with Crippen molar-refractivity contribution in [1.82, 2.24) is 19.8 Å². The van der Waals surface area contributed by atoms with Crippen LogP contribution in [0, 0.1) is 11.3 Å². The zero-order valence-electron chi connectivity index (χ0n) is 19.6. The van der Waals surface area contributed by atoms with Crippen LogP contribution < -0.4 is 4.74 Å². The van der Waals surface area contributed by atoms with Crippen LogP contribution in [0.5, 0.6) is 5.75 Å². The molecule has 0 N–H and O–H groups in total. The van der Waals surface area contributed by atoms with Gasteiger partial charge < -0.3 is 9.64 Å². The maximum Gasteiger partial charge on any atom is 0.291 e. The van der Waals surface area contributed by atoms with Crippen LogP contribution in [0.3, 0.4) is 0 Å². The van der Waals surface area contributed by atoms with Crippen molar-refractivity contribution in [3.63, 3.8) is 0 Å². The molecule has 1 aromatic carbocycles. The fourth-order valence-electron chi connectivity index (χ4n) is 5.55. The van der Waals surface area contributed by atoms with Gasteiger partial charge in [-0.2, -0.15) is 0 Å². The topological polar surface area (TPSA) is 58.6 Å². The second-order valence-electron chi connectivity index (χ2n) is 10.2. The quantitative estimate of drug-likeness (QED) is 0.704. The Morgan fingerprint density at radius 1 is 1.00 bits per heavy atom. The Bertz CT molecular complexity index is 923. The Morgan fingerprint density at radius 3 is 2.58 bits per heavy atom. The van der Waals surface area contributed by atoms with E-state index in [1.54, 1.807) is 18.5 Å². The zero-order chi connectivity index (χ0) is 22.5. The summed E-state index contributed by atoms with van der Waals surface area (Å²) < 4.78 is 6.26. The number of carbonyl (C=O) groups is 1. The molecule has 176 valence electrons. The number of carbonyl (C=O) groups excluding carboxylic acids is 1. The molecule has 0 unspecified atom stereocenters. The number of nitrogens with zero attached hydrogens (tertiary/aromatic N) is 4. The number of aryl methyl sites for hydroxylation is 1. The molecule has 33 heavy (non-hydrogen) atoms. The van der Waals surface area contributed by atoms with E-state index in [4.69, 9.17) is 4.74 Å². The summed E-state index contributed by atoms with van der Waals surface area (Å²) in [5.41, 5.74) is 1.62. The number of fused-ring (bicyclic) bond motifs is 1. The van der Waals surface area contributed by atoms with Gasteiger partial charge >= 0.3 is 0 Å². The molecule has 2 fully saturated rings. The van der Waals surface area contributed by atoms with Crippen molar-refractivity contribution in [2.45, 2.75) is 51.4 Å². The minimum atomic E-state index is -0.0292. The fourth-order valence-corrected chi connectivity index (χ4v) is 5.55. The van der Waals surface area contributed by atoms with E-state index in [0.717, 1.165) is 63.7 Å². The molecule has 0 bridgehead atoms. The molecular weight excluding hydrogens is 412 g/mol. The Labute approximate surface area is 197 Å². The van der Waals surface area contributed by atoms with Gasteiger partial charge in [-0.05, 0) is 74.0 Å². The molecule has 1 saturated carbocycles. The van der Waals surface area contributed by atoms with Crippen LogP contribution in [0.1, 0.15) is 61.1 Å². The van der Waals surface area contributed by atoms with Gasteiger partial charge in [0.2, 0.25) is 5.82 Å². The van der Waals surface area contributed by atoms with E-state index in [2.05, 4.69) is 39.1 Å². The first-order valence-electron chi connectivity index (χ1n) is 12.7. The lowest BCUT2D eigenvalue weighted by atomic mass is 9.73. The van der Waals surface area contributed by atoms with Crippen LogP contribution in [0.2, 0.25) is 0 Å². The van der Waals surface area contributed by atoms with E-state index in [1.165, 1.54) is 44.2 Å². The van der Waals surface area contributed by atoms with Gasteiger partial charge in [-0.25, -0.2) is 9.97 Å². The number of aromatic nitrogens is 2. The summed E-state index contributed by atoms with van der Waals surface area (Å²) in [7, 11) is 0. The third-order valence-corrected chi connectivity index (χ3v) is 7.68. The van der Waals surface area contributed by atoms with Crippen LogP contribution in [0.4, 0.5) is 0 Å². The van der Waals surface area contributed by atoms with Crippen molar-refractivity contribution in [1.29, 1.82) is 0 Å². The molecule has 3 heterocycles. The van der Waals surface area contributed by atoms with Crippen LogP contribution in [-0.4, -0.2) is 65.0 Å². The maximum absolute atomic E-state index is 12.9. The summed E-state index contributed by atoms with van der Waals surface area (Å²) in [5.74, 6) is 2.21. The lowest BCUT2D eigenvalue weighted by molar-refractivity contribution is 0.0361. The second kappa shape index (κ2) is 10.2. The largest absolute Gasteiger partial charge is 0.492 e. The summed E-state index contributed by atoms with van der Waals surface area (Å²) in [6.45, 7) is 5.63. The molecule has 6 heteroatoms. The standard InChI is InChI=1S/C27H36N4O2/c32-26(25-28-14-5-15-29-25)31-16-12-27(13-17-31)11-4-3-7-23-6-1-2-8-24(23)33-19-18-30(21-27)20-22-9-10-22/h1-2,5-6,8,14-15,22H,3-4,7,9-13,16-21H2. The van der Waals surface area contributed by atoms with Crippen LogP contribution in [-0.2, 0) is 6.42 Å². The minimum absolute atomic E-state index is 0.0292. The fraction of sp³-hybridized carbons (Fsp3) is 0.593. The van der Waals surface area contributed by atoms with Gasteiger partial charge in [-0.3, -0.25) is 9.69 Å². The number of para-hydroxylation sites is 1. The van der Waals surface area contributed by atoms with Gasteiger partial charge in [0.15, 0.2) is 0 Å². The van der Waals surface area contributed by atoms with Crippen molar-refractivity contribution in [2.75, 3.05) is 39.3 Å². The molecule has 1 spiro atoms. The first-order valence-corrected chi connectivity index (χ1v) is 12.7. The smallest absolute Gasteiger partial charge is 0.291 e. The Morgan fingerprint density at radius 2 is 1.79 bits per heavy atom. The van der Waals surface area contributed by atoms with Gasteiger partial charge in [-0.15, -0.1) is 0 Å². The van der Waals surface area contributed by atoms with Crippen molar-refractivity contribution < 1.29 is 9.53 Å².